The molecule has 0 N–H and O–H groups in total. The molecule has 0 amide bonds. The summed E-state index contributed by atoms with van der Waals surface area (Å²) in [6.07, 6.45) is 2.35. The molecule has 0 aromatic rings. The molecule has 88 valence electrons. The molecule has 0 saturated carbocycles. The summed E-state index contributed by atoms with van der Waals surface area (Å²) in [6, 6.07) is 0. The maximum atomic E-state index is 11.9. The first kappa shape index (κ1) is 12.5. The van der Waals surface area contributed by atoms with Gasteiger partial charge in [-0.25, -0.2) is 0 Å². The summed E-state index contributed by atoms with van der Waals surface area (Å²) < 4.78 is 10.6. The minimum Gasteiger partial charge on any atom is -0.436 e. The predicted octanol–water partition coefficient (Wildman–Crippen LogP) is 2.74. The van der Waals surface area contributed by atoms with Gasteiger partial charge in [0.25, 0.3) is 0 Å². The lowest BCUT2D eigenvalue weighted by Gasteiger charge is -2.28. The monoisotopic (exact) mass is 214 g/mol. The van der Waals surface area contributed by atoms with E-state index in [1.54, 1.807) is 0 Å². The lowest BCUT2D eigenvalue weighted by molar-refractivity contribution is -0.178. The van der Waals surface area contributed by atoms with Crippen LogP contribution in [0.5, 0.6) is 0 Å². The molecule has 1 heterocycles. The van der Waals surface area contributed by atoms with Gasteiger partial charge in [-0.2, -0.15) is 0 Å². The minimum atomic E-state index is -0.297. The molecular formula is C12H22O3. The van der Waals surface area contributed by atoms with Crippen molar-refractivity contribution in [1.29, 1.82) is 0 Å². The zero-order chi connectivity index (χ0) is 11.5. The molecule has 15 heavy (non-hydrogen) atoms. The second-order valence-electron chi connectivity index (χ2n) is 5.21. The van der Waals surface area contributed by atoms with E-state index in [0.717, 1.165) is 19.3 Å². The van der Waals surface area contributed by atoms with Crippen molar-refractivity contribution in [2.45, 2.75) is 53.2 Å². The Morgan fingerprint density at radius 1 is 1.53 bits per heavy atom. The van der Waals surface area contributed by atoms with Crippen LogP contribution in [0.2, 0.25) is 0 Å². The van der Waals surface area contributed by atoms with Crippen molar-refractivity contribution < 1.29 is 14.3 Å². The fourth-order valence-corrected chi connectivity index (χ4v) is 1.99. The molecule has 1 aliphatic heterocycles. The van der Waals surface area contributed by atoms with Crippen LogP contribution in [0.1, 0.15) is 47.0 Å². The summed E-state index contributed by atoms with van der Waals surface area (Å²) in [5, 5.41) is 0. The average Bonchev–Trinajstić information content (AvgIpc) is 2.54. The van der Waals surface area contributed by atoms with E-state index in [4.69, 9.17) is 9.47 Å². The summed E-state index contributed by atoms with van der Waals surface area (Å²) >= 11 is 0. The summed E-state index contributed by atoms with van der Waals surface area (Å²) in [7, 11) is 0. The van der Waals surface area contributed by atoms with Crippen molar-refractivity contribution in [3.8, 4) is 0 Å². The Labute approximate surface area is 92.1 Å². The smallest absolute Gasteiger partial charge is 0.311 e. The fraction of sp³-hybridized carbons (Fsp3) is 0.917. The highest BCUT2D eigenvalue weighted by Crippen LogP contribution is 2.30. The van der Waals surface area contributed by atoms with E-state index >= 15 is 0 Å². The van der Waals surface area contributed by atoms with Gasteiger partial charge >= 0.3 is 5.97 Å². The summed E-state index contributed by atoms with van der Waals surface area (Å²) in [5.74, 6) is -0.154. The van der Waals surface area contributed by atoms with Crippen molar-refractivity contribution in [3.63, 3.8) is 0 Å². The average molecular weight is 214 g/mol. The molecular weight excluding hydrogens is 192 g/mol. The quantitative estimate of drug-likeness (QED) is 0.678. The highest BCUT2D eigenvalue weighted by atomic mass is 16.7. The SMILES string of the molecule is CCC(C(=O)OC1CCCO1)C(C)(C)C. The molecule has 0 aliphatic carbocycles. The third-order valence-electron chi connectivity index (χ3n) is 2.87. The van der Waals surface area contributed by atoms with Gasteiger partial charge in [0.1, 0.15) is 0 Å². The van der Waals surface area contributed by atoms with Crippen LogP contribution >= 0.6 is 0 Å². The van der Waals surface area contributed by atoms with Crippen LogP contribution in [0.15, 0.2) is 0 Å². The molecule has 2 unspecified atom stereocenters. The summed E-state index contributed by atoms with van der Waals surface area (Å²) in [6.45, 7) is 8.94. The number of carbonyl (C=O) groups is 1. The normalized spacial score (nSPS) is 23.9. The van der Waals surface area contributed by atoms with Crippen molar-refractivity contribution in [2.24, 2.45) is 11.3 Å². The van der Waals surface area contributed by atoms with Crippen LogP contribution in [0.25, 0.3) is 0 Å². The van der Waals surface area contributed by atoms with Gasteiger partial charge < -0.3 is 9.47 Å². The highest BCUT2D eigenvalue weighted by Gasteiger charge is 2.33. The molecule has 0 aromatic heterocycles. The number of hydrogen-bond acceptors (Lipinski definition) is 3. The second kappa shape index (κ2) is 4.97. The zero-order valence-corrected chi connectivity index (χ0v) is 10.2. The first-order valence-corrected chi connectivity index (χ1v) is 5.77. The van der Waals surface area contributed by atoms with Crippen molar-refractivity contribution in [2.75, 3.05) is 6.61 Å². The van der Waals surface area contributed by atoms with Crippen LogP contribution in [0, 0.1) is 11.3 Å². The van der Waals surface area contributed by atoms with Gasteiger partial charge in [-0.15, -0.1) is 0 Å². The van der Waals surface area contributed by atoms with Crippen LogP contribution in [-0.2, 0) is 14.3 Å². The topological polar surface area (TPSA) is 35.5 Å². The van der Waals surface area contributed by atoms with Crippen LogP contribution in [-0.4, -0.2) is 18.9 Å². The van der Waals surface area contributed by atoms with Gasteiger partial charge in [-0.05, 0) is 18.3 Å². The van der Waals surface area contributed by atoms with Crippen LogP contribution < -0.4 is 0 Å². The van der Waals surface area contributed by atoms with E-state index in [1.165, 1.54) is 0 Å². The molecule has 1 rings (SSSR count). The third-order valence-corrected chi connectivity index (χ3v) is 2.87. The highest BCUT2D eigenvalue weighted by molar-refractivity contribution is 5.73. The molecule has 1 aliphatic rings. The van der Waals surface area contributed by atoms with Gasteiger partial charge in [0, 0.05) is 6.42 Å². The van der Waals surface area contributed by atoms with E-state index < -0.39 is 0 Å². The van der Waals surface area contributed by atoms with Crippen molar-refractivity contribution in [3.05, 3.63) is 0 Å². The maximum Gasteiger partial charge on any atom is 0.311 e. The standard InChI is InChI=1S/C12H22O3/c1-5-9(12(2,3)4)11(13)15-10-7-6-8-14-10/h9-10H,5-8H2,1-4H3. The number of hydrogen-bond donors (Lipinski definition) is 0. The molecule has 0 spiro atoms. The second-order valence-corrected chi connectivity index (χ2v) is 5.21. The van der Waals surface area contributed by atoms with Crippen molar-refractivity contribution in [1.82, 2.24) is 0 Å². The van der Waals surface area contributed by atoms with E-state index in [2.05, 4.69) is 20.8 Å². The Bertz CT molecular complexity index is 211. The molecule has 3 heteroatoms. The molecule has 0 radical (unpaired) electrons. The number of rotatable bonds is 3. The van der Waals surface area contributed by atoms with Gasteiger partial charge in [0.05, 0.1) is 12.5 Å². The third kappa shape index (κ3) is 3.49. The largest absolute Gasteiger partial charge is 0.436 e. The van der Waals surface area contributed by atoms with Crippen LogP contribution in [0.3, 0.4) is 0 Å². The number of ether oxygens (including phenoxy) is 2. The lowest BCUT2D eigenvalue weighted by atomic mass is 9.79. The number of esters is 1. The number of carbonyl (C=O) groups excluding carboxylic acids is 1. The first-order valence-electron chi connectivity index (χ1n) is 5.77. The molecule has 0 bridgehead atoms. The summed E-state index contributed by atoms with van der Waals surface area (Å²) in [4.78, 5) is 11.9. The molecule has 2 atom stereocenters. The van der Waals surface area contributed by atoms with E-state index in [1.807, 2.05) is 6.92 Å². The van der Waals surface area contributed by atoms with Gasteiger partial charge in [0.15, 0.2) is 0 Å². The Hall–Kier alpha value is -0.570. The Kier molecular flexibility index (Phi) is 4.14. The Morgan fingerprint density at radius 2 is 2.20 bits per heavy atom. The van der Waals surface area contributed by atoms with E-state index in [0.29, 0.717) is 6.61 Å². The van der Waals surface area contributed by atoms with Gasteiger partial charge in [-0.1, -0.05) is 27.7 Å². The van der Waals surface area contributed by atoms with Gasteiger partial charge in [-0.3, -0.25) is 4.79 Å². The van der Waals surface area contributed by atoms with Crippen molar-refractivity contribution >= 4 is 5.97 Å². The zero-order valence-electron chi connectivity index (χ0n) is 10.2. The minimum absolute atomic E-state index is 0.0373. The first-order chi connectivity index (χ1) is 6.95. The van der Waals surface area contributed by atoms with E-state index in [-0.39, 0.29) is 23.6 Å². The van der Waals surface area contributed by atoms with Crippen LogP contribution in [0.4, 0.5) is 0 Å². The molecule has 0 aromatic carbocycles. The molecule has 1 fully saturated rings. The molecule has 3 nitrogen and oxygen atoms in total. The maximum absolute atomic E-state index is 11.9. The van der Waals surface area contributed by atoms with Gasteiger partial charge in [0.2, 0.25) is 6.29 Å². The Balaban J connectivity index is 2.49. The van der Waals surface area contributed by atoms with E-state index in [9.17, 15) is 4.79 Å². The summed E-state index contributed by atoms with van der Waals surface area (Å²) in [5.41, 5.74) is -0.0373. The predicted molar refractivity (Wildman–Crippen MR) is 58.3 cm³/mol. The fourth-order valence-electron chi connectivity index (χ4n) is 1.99. The molecule has 1 saturated heterocycles. The lowest BCUT2D eigenvalue weighted by Crippen LogP contribution is -2.32. The Morgan fingerprint density at radius 3 is 2.60 bits per heavy atom.